The topological polar surface area (TPSA) is 17.8 Å². The van der Waals surface area contributed by atoms with Gasteiger partial charge in [-0.2, -0.15) is 11.3 Å². The fraction of sp³-hybridized carbons (Fsp3) is 0.222. The second kappa shape index (κ2) is 3.12. The minimum absolute atomic E-state index is 1.48. The van der Waals surface area contributed by atoms with Crippen molar-refractivity contribution in [3.8, 4) is 0 Å². The minimum Gasteiger partial charge on any atom is -0.360 e. The van der Waals surface area contributed by atoms with Gasteiger partial charge in [-0.3, -0.25) is 0 Å². The van der Waals surface area contributed by atoms with Gasteiger partial charge in [0.05, 0.1) is 6.33 Å². The van der Waals surface area contributed by atoms with Gasteiger partial charge in [0, 0.05) is 16.9 Å². The maximum atomic E-state index is 4.10. The van der Waals surface area contributed by atoms with Gasteiger partial charge in [0.15, 0.2) is 8.24 Å². The normalized spacial score (nSPS) is 11.8. The number of hydrogen-bond donors (Lipinski definition) is 0. The Morgan fingerprint density at radius 1 is 1.46 bits per heavy atom. The highest BCUT2D eigenvalue weighted by Crippen LogP contribution is 2.10. The number of nitrogens with zero attached hydrogens (tertiary/aromatic N) is 2. The molecule has 0 radical (unpaired) electrons. The first-order valence-corrected chi connectivity index (χ1v) is 8.06. The van der Waals surface area contributed by atoms with Crippen LogP contribution in [0.1, 0.15) is 0 Å². The molecule has 0 aliphatic rings. The summed E-state index contributed by atoms with van der Waals surface area (Å²) < 4.78 is 3.75. The SMILES string of the molecule is C[Si](C)(c1cccs1)n1ccnc1. The Kier molecular flexibility index (Phi) is 2.09. The highest BCUT2D eigenvalue weighted by molar-refractivity contribution is 7.25. The molecule has 13 heavy (non-hydrogen) atoms. The lowest BCUT2D eigenvalue weighted by molar-refractivity contribution is 1.14. The maximum Gasteiger partial charge on any atom is 0.198 e. The summed E-state index contributed by atoms with van der Waals surface area (Å²) in [4.78, 5) is 4.10. The van der Waals surface area contributed by atoms with Crippen LogP contribution in [0.25, 0.3) is 0 Å². The van der Waals surface area contributed by atoms with Crippen LogP contribution in [0.3, 0.4) is 0 Å². The highest BCUT2D eigenvalue weighted by atomic mass is 32.1. The molecule has 0 aliphatic carbocycles. The summed E-state index contributed by atoms with van der Waals surface area (Å²) >= 11 is 1.84. The third kappa shape index (κ3) is 1.47. The van der Waals surface area contributed by atoms with Crippen molar-refractivity contribution >= 4 is 24.1 Å². The van der Waals surface area contributed by atoms with Crippen molar-refractivity contribution in [1.82, 2.24) is 9.22 Å². The molecule has 0 spiro atoms. The Labute approximate surface area is 83.0 Å². The molecule has 0 aliphatic heterocycles. The molecule has 0 unspecified atom stereocenters. The first kappa shape index (κ1) is 8.71. The van der Waals surface area contributed by atoms with Crippen molar-refractivity contribution in [2.75, 3.05) is 0 Å². The molecule has 0 aromatic carbocycles. The molecule has 4 heteroatoms. The smallest absolute Gasteiger partial charge is 0.198 e. The van der Waals surface area contributed by atoms with Crippen LogP contribution in [0.4, 0.5) is 0 Å². The minimum atomic E-state index is -1.48. The number of hydrogen-bond acceptors (Lipinski definition) is 2. The number of imidazole rings is 1. The molecular weight excluding hydrogens is 196 g/mol. The summed E-state index contributed by atoms with van der Waals surface area (Å²) in [5.41, 5.74) is 0. The average molecular weight is 208 g/mol. The van der Waals surface area contributed by atoms with Crippen molar-refractivity contribution in [2.45, 2.75) is 13.1 Å². The van der Waals surface area contributed by atoms with Gasteiger partial charge in [-0.15, -0.1) is 0 Å². The fourth-order valence-corrected chi connectivity index (χ4v) is 5.03. The molecule has 0 amide bonds. The molecular formula is C9H12N2SSi. The molecule has 2 heterocycles. The number of thiophene rings is 1. The van der Waals surface area contributed by atoms with Crippen LogP contribution in [0.2, 0.25) is 13.1 Å². The largest absolute Gasteiger partial charge is 0.360 e. The van der Waals surface area contributed by atoms with Gasteiger partial charge in [0.2, 0.25) is 0 Å². The van der Waals surface area contributed by atoms with E-state index >= 15 is 0 Å². The zero-order valence-corrected chi connectivity index (χ0v) is 9.58. The Morgan fingerprint density at radius 3 is 2.85 bits per heavy atom. The standard InChI is InChI=1S/C9H12N2SSi/c1-13(2,9-4-3-7-12-9)11-6-5-10-8-11/h3-8H,1-2H3. The van der Waals surface area contributed by atoms with Gasteiger partial charge < -0.3 is 4.23 Å². The maximum absolute atomic E-state index is 4.10. The number of aromatic nitrogens is 2. The zero-order valence-electron chi connectivity index (χ0n) is 7.77. The molecule has 2 rings (SSSR count). The monoisotopic (exact) mass is 208 g/mol. The average Bonchev–Trinajstić information content (AvgIpc) is 2.78. The number of rotatable bonds is 2. The van der Waals surface area contributed by atoms with Crippen molar-refractivity contribution in [3.63, 3.8) is 0 Å². The van der Waals surface area contributed by atoms with Crippen LogP contribution in [-0.2, 0) is 0 Å². The van der Waals surface area contributed by atoms with E-state index in [-0.39, 0.29) is 0 Å². The first-order valence-electron chi connectivity index (χ1n) is 4.23. The van der Waals surface area contributed by atoms with Gasteiger partial charge in [0.25, 0.3) is 0 Å². The lowest BCUT2D eigenvalue weighted by Crippen LogP contribution is -2.46. The van der Waals surface area contributed by atoms with Crippen molar-refractivity contribution < 1.29 is 0 Å². The lowest BCUT2D eigenvalue weighted by atomic mass is 10.7. The van der Waals surface area contributed by atoms with E-state index in [9.17, 15) is 0 Å². The van der Waals surface area contributed by atoms with E-state index in [0.717, 1.165) is 0 Å². The van der Waals surface area contributed by atoms with E-state index < -0.39 is 8.24 Å². The van der Waals surface area contributed by atoms with Crippen LogP contribution in [-0.4, -0.2) is 17.5 Å². The highest BCUT2D eigenvalue weighted by Gasteiger charge is 2.26. The summed E-state index contributed by atoms with van der Waals surface area (Å²) in [5, 5.41) is 2.14. The van der Waals surface area contributed by atoms with E-state index in [0.29, 0.717) is 0 Å². The van der Waals surface area contributed by atoms with E-state index in [4.69, 9.17) is 0 Å². The Balaban J connectivity index is 2.42. The first-order chi connectivity index (χ1) is 6.21. The van der Waals surface area contributed by atoms with Gasteiger partial charge in [-0.1, -0.05) is 12.1 Å². The molecule has 2 aromatic heterocycles. The molecule has 2 aromatic rings. The third-order valence-electron chi connectivity index (χ3n) is 2.27. The quantitative estimate of drug-likeness (QED) is 0.689. The molecule has 0 atom stereocenters. The lowest BCUT2D eigenvalue weighted by Gasteiger charge is -2.21. The molecule has 0 N–H and O–H groups in total. The van der Waals surface area contributed by atoms with Crippen molar-refractivity contribution in [3.05, 3.63) is 36.2 Å². The Hall–Kier alpha value is -0.873. The summed E-state index contributed by atoms with van der Waals surface area (Å²) in [6.07, 6.45) is 5.83. The van der Waals surface area contributed by atoms with Crippen molar-refractivity contribution in [2.24, 2.45) is 0 Å². The Bertz CT molecular complexity index is 328. The third-order valence-corrected chi connectivity index (χ3v) is 7.74. The molecule has 0 bridgehead atoms. The molecule has 0 saturated heterocycles. The van der Waals surface area contributed by atoms with Crippen molar-refractivity contribution in [1.29, 1.82) is 0 Å². The Morgan fingerprint density at radius 2 is 2.31 bits per heavy atom. The van der Waals surface area contributed by atoms with Gasteiger partial charge in [-0.05, 0) is 18.5 Å². The van der Waals surface area contributed by atoms with E-state index in [1.54, 1.807) is 0 Å². The van der Waals surface area contributed by atoms with Gasteiger partial charge >= 0.3 is 0 Å². The van der Waals surface area contributed by atoms with Gasteiger partial charge in [0.1, 0.15) is 0 Å². The van der Waals surface area contributed by atoms with E-state index in [1.165, 1.54) is 4.50 Å². The van der Waals surface area contributed by atoms with Crippen LogP contribution >= 0.6 is 11.3 Å². The second-order valence-corrected chi connectivity index (χ2v) is 8.99. The van der Waals surface area contributed by atoms with Gasteiger partial charge in [-0.25, -0.2) is 4.98 Å². The summed E-state index contributed by atoms with van der Waals surface area (Å²) in [7, 11) is -1.48. The zero-order chi connectivity index (χ0) is 9.31. The van der Waals surface area contributed by atoms with E-state index in [1.807, 2.05) is 23.9 Å². The molecule has 68 valence electrons. The predicted molar refractivity (Wildman–Crippen MR) is 59.1 cm³/mol. The molecule has 2 nitrogen and oxygen atoms in total. The van der Waals surface area contributed by atoms with Crippen LogP contribution < -0.4 is 4.50 Å². The van der Waals surface area contributed by atoms with E-state index in [2.05, 4.69) is 46.0 Å². The van der Waals surface area contributed by atoms with Crippen LogP contribution in [0.15, 0.2) is 36.2 Å². The summed E-state index contributed by atoms with van der Waals surface area (Å²) in [6, 6.07) is 4.34. The van der Waals surface area contributed by atoms with Crippen LogP contribution in [0, 0.1) is 0 Å². The van der Waals surface area contributed by atoms with Crippen LogP contribution in [0.5, 0.6) is 0 Å². The molecule has 0 fully saturated rings. The fourth-order valence-electron chi connectivity index (χ4n) is 1.34. The summed E-state index contributed by atoms with van der Waals surface area (Å²) in [5.74, 6) is 0. The predicted octanol–water partition coefficient (Wildman–Crippen LogP) is 1.91. The summed E-state index contributed by atoms with van der Waals surface area (Å²) in [6.45, 7) is 4.67. The molecule has 0 saturated carbocycles. The second-order valence-electron chi connectivity index (χ2n) is 3.51.